The number of hydrogen-bond donors (Lipinski definition) is 1. The van der Waals surface area contributed by atoms with Crippen molar-refractivity contribution < 1.29 is 9.59 Å². The highest BCUT2D eigenvalue weighted by molar-refractivity contribution is 7.12. The molecule has 0 unspecified atom stereocenters. The summed E-state index contributed by atoms with van der Waals surface area (Å²) in [5.74, 6) is 0.261. The number of amides is 2. The van der Waals surface area contributed by atoms with Gasteiger partial charge in [0.15, 0.2) is 0 Å². The average Bonchev–Trinajstić information content (AvgIpc) is 3.20. The smallest absolute Gasteiger partial charge is 0.263 e. The van der Waals surface area contributed by atoms with Crippen molar-refractivity contribution in [2.24, 2.45) is 5.92 Å². The topological polar surface area (TPSA) is 49.4 Å². The second-order valence-electron chi connectivity index (χ2n) is 6.42. The summed E-state index contributed by atoms with van der Waals surface area (Å²) in [7, 11) is 0. The maximum absolute atomic E-state index is 12.3. The van der Waals surface area contributed by atoms with Crippen LogP contribution in [0.25, 0.3) is 0 Å². The van der Waals surface area contributed by atoms with E-state index in [1.54, 1.807) is 0 Å². The van der Waals surface area contributed by atoms with Gasteiger partial charge in [-0.1, -0.05) is 36.4 Å². The van der Waals surface area contributed by atoms with Crippen LogP contribution in [0.2, 0.25) is 0 Å². The fourth-order valence-corrected chi connectivity index (χ4v) is 3.88. The van der Waals surface area contributed by atoms with E-state index in [4.69, 9.17) is 0 Å². The molecule has 25 heavy (non-hydrogen) atoms. The second-order valence-corrected chi connectivity index (χ2v) is 7.37. The van der Waals surface area contributed by atoms with Crippen LogP contribution in [0, 0.1) is 5.92 Å². The molecular formula is C20H24N2O2S. The summed E-state index contributed by atoms with van der Waals surface area (Å²) < 4.78 is 0. The summed E-state index contributed by atoms with van der Waals surface area (Å²) in [5, 5.41) is 4.97. The Morgan fingerprint density at radius 1 is 1.08 bits per heavy atom. The number of piperidine rings is 1. The van der Waals surface area contributed by atoms with Crippen LogP contribution in [0.3, 0.4) is 0 Å². The first-order valence-corrected chi connectivity index (χ1v) is 9.76. The number of nitrogens with one attached hydrogen (secondary N) is 1. The lowest BCUT2D eigenvalue weighted by Crippen LogP contribution is -2.43. The summed E-state index contributed by atoms with van der Waals surface area (Å²) in [5.41, 5.74) is 1.30. The predicted octanol–water partition coefficient (Wildman–Crippen LogP) is 3.35. The van der Waals surface area contributed by atoms with Gasteiger partial charge in [0.05, 0.1) is 4.88 Å². The van der Waals surface area contributed by atoms with Crippen LogP contribution in [0.15, 0.2) is 47.8 Å². The van der Waals surface area contributed by atoms with E-state index in [0.717, 1.165) is 30.6 Å². The van der Waals surface area contributed by atoms with E-state index in [1.807, 2.05) is 40.6 Å². The van der Waals surface area contributed by atoms with E-state index < -0.39 is 0 Å². The molecule has 1 fully saturated rings. The molecule has 0 radical (unpaired) electrons. The van der Waals surface area contributed by atoms with Crippen LogP contribution in [-0.4, -0.2) is 36.3 Å². The molecule has 1 aliphatic rings. The third kappa shape index (κ3) is 4.92. The van der Waals surface area contributed by atoms with Crippen molar-refractivity contribution in [1.29, 1.82) is 0 Å². The molecule has 2 amide bonds. The van der Waals surface area contributed by atoms with Gasteiger partial charge in [-0.25, -0.2) is 0 Å². The molecule has 4 nitrogen and oxygen atoms in total. The zero-order chi connectivity index (χ0) is 17.5. The molecule has 1 aromatic heterocycles. The number of carbonyl (C=O) groups is 2. The van der Waals surface area contributed by atoms with Crippen LogP contribution >= 0.6 is 11.3 Å². The van der Waals surface area contributed by atoms with Gasteiger partial charge in [-0.3, -0.25) is 9.59 Å². The first kappa shape index (κ1) is 17.7. The van der Waals surface area contributed by atoms with E-state index in [1.165, 1.54) is 16.9 Å². The van der Waals surface area contributed by atoms with Crippen LogP contribution in [0.1, 0.15) is 34.5 Å². The Hall–Kier alpha value is -2.14. The third-order valence-electron chi connectivity index (χ3n) is 4.67. The molecule has 2 aromatic rings. The lowest BCUT2D eigenvalue weighted by Gasteiger charge is -2.31. The number of nitrogens with zero attached hydrogens (tertiary/aromatic N) is 1. The fourth-order valence-electron chi connectivity index (χ4n) is 3.19. The minimum Gasteiger partial charge on any atom is -0.356 e. The maximum Gasteiger partial charge on any atom is 0.263 e. The maximum atomic E-state index is 12.3. The molecule has 1 saturated heterocycles. The average molecular weight is 356 g/mol. The molecule has 0 bridgehead atoms. The van der Waals surface area contributed by atoms with Gasteiger partial charge < -0.3 is 10.2 Å². The Labute approximate surface area is 152 Å². The van der Waals surface area contributed by atoms with E-state index in [2.05, 4.69) is 17.4 Å². The van der Waals surface area contributed by atoms with Gasteiger partial charge in [-0.05, 0) is 42.7 Å². The van der Waals surface area contributed by atoms with Gasteiger partial charge in [0.2, 0.25) is 5.91 Å². The molecule has 1 N–H and O–H groups in total. The summed E-state index contributed by atoms with van der Waals surface area (Å²) in [6, 6.07) is 14.1. The molecule has 3 rings (SSSR count). The quantitative estimate of drug-likeness (QED) is 0.807. The number of rotatable bonds is 6. The molecule has 132 valence electrons. The number of aryl methyl sites for hydroxylation is 1. The van der Waals surface area contributed by atoms with Gasteiger partial charge in [0.1, 0.15) is 0 Å². The Morgan fingerprint density at radius 3 is 2.52 bits per heavy atom. The monoisotopic (exact) mass is 356 g/mol. The van der Waals surface area contributed by atoms with Gasteiger partial charge >= 0.3 is 0 Å². The Bertz CT molecular complexity index is 677. The van der Waals surface area contributed by atoms with Crippen LogP contribution in [0.5, 0.6) is 0 Å². The zero-order valence-electron chi connectivity index (χ0n) is 14.3. The molecule has 0 spiro atoms. The first-order chi connectivity index (χ1) is 12.2. The largest absolute Gasteiger partial charge is 0.356 e. The Balaban J connectivity index is 1.36. The zero-order valence-corrected chi connectivity index (χ0v) is 15.1. The number of carbonyl (C=O) groups excluding carboxylic acids is 2. The number of thiophene rings is 1. The highest BCUT2D eigenvalue weighted by atomic mass is 32.1. The summed E-state index contributed by atoms with van der Waals surface area (Å²) in [4.78, 5) is 27.3. The molecule has 2 heterocycles. The van der Waals surface area contributed by atoms with Crippen molar-refractivity contribution in [1.82, 2.24) is 10.2 Å². The van der Waals surface area contributed by atoms with Crippen LogP contribution < -0.4 is 5.32 Å². The van der Waals surface area contributed by atoms with Crippen molar-refractivity contribution in [2.45, 2.75) is 25.7 Å². The highest BCUT2D eigenvalue weighted by Gasteiger charge is 2.27. The van der Waals surface area contributed by atoms with Crippen molar-refractivity contribution in [2.75, 3.05) is 19.6 Å². The van der Waals surface area contributed by atoms with Gasteiger partial charge in [0.25, 0.3) is 5.91 Å². The summed E-state index contributed by atoms with van der Waals surface area (Å²) >= 11 is 1.47. The van der Waals surface area contributed by atoms with Gasteiger partial charge in [-0.15, -0.1) is 11.3 Å². The first-order valence-electron chi connectivity index (χ1n) is 8.88. The lowest BCUT2D eigenvalue weighted by molar-refractivity contribution is -0.126. The fraction of sp³-hybridized carbons (Fsp3) is 0.400. The van der Waals surface area contributed by atoms with Crippen molar-refractivity contribution in [3.8, 4) is 0 Å². The predicted molar refractivity (Wildman–Crippen MR) is 101 cm³/mol. The van der Waals surface area contributed by atoms with E-state index >= 15 is 0 Å². The normalized spacial score (nSPS) is 15.1. The van der Waals surface area contributed by atoms with Gasteiger partial charge in [0, 0.05) is 25.6 Å². The second kappa shape index (κ2) is 8.81. The summed E-state index contributed by atoms with van der Waals surface area (Å²) in [6.45, 7) is 2.04. The highest BCUT2D eigenvalue weighted by Crippen LogP contribution is 2.21. The molecule has 5 heteroatoms. The molecule has 0 atom stereocenters. The van der Waals surface area contributed by atoms with E-state index in [0.29, 0.717) is 19.6 Å². The number of benzene rings is 1. The third-order valence-corrected chi connectivity index (χ3v) is 5.53. The Kier molecular flexibility index (Phi) is 6.23. The molecular weight excluding hydrogens is 332 g/mol. The van der Waals surface area contributed by atoms with E-state index in [-0.39, 0.29) is 17.7 Å². The van der Waals surface area contributed by atoms with Crippen LogP contribution in [-0.2, 0) is 11.2 Å². The standard InChI is InChI=1S/C20H24N2O2S/c23-19(21-12-4-8-16-6-2-1-3-7-16)17-10-13-22(14-11-17)20(24)18-9-5-15-25-18/h1-3,5-7,9,15,17H,4,8,10-14H2,(H,21,23). The SMILES string of the molecule is O=C(NCCCc1ccccc1)C1CCN(C(=O)c2cccs2)CC1. The minimum atomic E-state index is 0.0316. The molecule has 0 aliphatic carbocycles. The van der Waals surface area contributed by atoms with Gasteiger partial charge in [-0.2, -0.15) is 0 Å². The number of likely N-dealkylation sites (tertiary alicyclic amines) is 1. The lowest BCUT2D eigenvalue weighted by atomic mass is 9.95. The summed E-state index contributed by atoms with van der Waals surface area (Å²) in [6.07, 6.45) is 3.43. The van der Waals surface area contributed by atoms with E-state index in [9.17, 15) is 9.59 Å². The molecule has 0 saturated carbocycles. The van der Waals surface area contributed by atoms with Crippen molar-refractivity contribution in [3.05, 3.63) is 58.3 Å². The van der Waals surface area contributed by atoms with Crippen LogP contribution in [0.4, 0.5) is 0 Å². The molecule has 1 aromatic carbocycles. The van der Waals surface area contributed by atoms with Crippen molar-refractivity contribution in [3.63, 3.8) is 0 Å². The Morgan fingerprint density at radius 2 is 1.84 bits per heavy atom. The number of hydrogen-bond acceptors (Lipinski definition) is 3. The minimum absolute atomic E-state index is 0.0316. The molecule has 1 aliphatic heterocycles. The van der Waals surface area contributed by atoms with Crippen molar-refractivity contribution >= 4 is 23.2 Å².